The van der Waals surface area contributed by atoms with E-state index in [1.165, 1.54) is 16.2 Å². The third kappa shape index (κ3) is 4.40. The smallest absolute Gasteiger partial charge is 0.315 e. The Bertz CT molecular complexity index is 875. The molecule has 26 heavy (non-hydrogen) atoms. The van der Waals surface area contributed by atoms with Crippen LogP contribution in [0.4, 0.5) is 4.79 Å². The average Bonchev–Trinajstić information content (AvgIpc) is 3.01. The number of carbonyl (C=O) groups is 1. The van der Waals surface area contributed by atoms with Crippen LogP contribution in [0.2, 0.25) is 0 Å². The van der Waals surface area contributed by atoms with Gasteiger partial charge in [0.05, 0.1) is 11.6 Å². The number of nitrogens with two attached hydrogens (primary N) is 1. The number of rotatable bonds is 5. The van der Waals surface area contributed by atoms with E-state index in [2.05, 4.69) is 16.5 Å². The lowest BCUT2D eigenvalue weighted by molar-refractivity contribution is 0.190. The molecule has 0 saturated carbocycles. The van der Waals surface area contributed by atoms with Gasteiger partial charge >= 0.3 is 6.03 Å². The van der Waals surface area contributed by atoms with Crippen molar-refractivity contribution in [2.45, 2.75) is 47.6 Å². The van der Waals surface area contributed by atoms with Crippen molar-refractivity contribution >= 4 is 33.2 Å². The summed E-state index contributed by atoms with van der Waals surface area (Å²) in [6, 6.07) is 0.934. The van der Waals surface area contributed by atoms with Gasteiger partial charge in [0, 0.05) is 11.4 Å². The maximum absolute atomic E-state index is 12.4. The zero-order chi connectivity index (χ0) is 20.0. The number of amides is 2. The molecule has 3 N–H and O–H groups in total. The Kier molecular flexibility index (Phi) is 7.76. The molecule has 0 bridgehead atoms. The number of primary amides is 1. The number of nitrogens with one attached hydrogen (secondary N) is 1. The molecule has 0 aliphatic rings. The second kappa shape index (κ2) is 9.33. The van der Waals surface area contributed by atoms with E-state index < -0.39 is 12.1 Å². The molecule has 1 atom stereocenters. The van der Waals surface area contributed by atoms with Gasteiger partial charge in [0.1, 0.15) is 10.5 Å². The number of hydrogen-bond acceptors (Lipinski definition) is 4. The van der Waals surface area contributed by atoms with Crippen LogP contribution in [0.5, 0.6) is 0 Å². The number of carbonyl (C=O) groups excluding carboxylic acids is 1. The molecule has 2 aromatic heterocycles. The van der Waals surface area contributed by atoms with E-state index in [0.717, 1.165) is 16.0 Å². The summed E-state index contributed by atoms with van der Waals surface area (Å²) in [6.07, 6.45) is 1.78. The Morgan fingerprint density at radius 1 is 1.46 bits per heavy atom. The Labute approximate surface area is 158 Å². The SMILES string of the molecule is C=CC(=C(C)C)c1cc2nc(C(C)N(CC)C(N)=O)[nH]c(=O)c2s1.CC. The molecule has 6 nitrogen and oxygen atoms in total. The van der Waals surface area contributed by atoms with Crippen molar-refractivity contribution in [1.29, 1.82) is 0 Å². The second-order valence-corrected chi connectivity index (χ2v) is 6.75. The van der Waals surface area contributed by atoms with E-state index >= 15 is 0 Å². The minimum absolute atomic E-state index is 0.212. The third-order valence-corrected chi connectivity index (χ3v) is 5.05. The van der Waals surface area contributed by atoms with E-state index in [1.54, 1.807) is 13.0 Å². The quantitative estimate of drug-likeness (QED) is 0.755. The van der Waals surface area contributed by atoms with Crippen LogP contribution < -0.4 is 11.3 Å². The topological polar surface area (TPSA) is 92.1 Å². The molecule has 7 heteroatoms. The number of thiophene rings is 1. The van der Waals surface area contributed by atoms with Gasteiger partial charge in [-0.2, -0.15) is 0 Å². The molecule has 1 unspecified atom stereocenters. The molecular weight excluding hydrogens is 348 g/mol. The summed E-state index contributed by atoms with van der Waals surface area (Å²) in [7, 11) is 0. The predicted octanol–water partition coefficient (Wildman–Crippen LogP) is 4.45. The van der Waals surface area contributed by atoms with Crippen molar-refractivity contribution in [2.24, 2.45) is 5.73 Å². The molecule has 2 aromatic rings. The number of hydrogen-bond donors (Lipinski definition) is 2. The number of urea groups is 1. The van der Waals surface area contributed by atoms with Gasteiger partial charge in [-0.15, -0.1) is 11.3 Å². The molecule has 0 aliphatic heterocycles. The largest absolute Gasteiger partial charge is 0.351 e. The number of fused-ring (bicyclic) bond motifs is 1. The van der Waals surface area contributed by atoms with Crippen LogP contribution in [0, 0.1) is 0 Å². The van der Waals surface area contributed by atoms with Gasteiger partial charge < -0.3 is 15.6 Å². The van der Waals surface area contributed by atoms with Crippen LogP contribution in [0.25, 0.3) is 15.8 Å². The highest BCUT2D eigenvalue weighted by Gasteiger charge is 2.21. The lowest BCUT2D eigenvalue weighted by Crippen LogP contribution is -2.38. The monoisotopic (exact) mass is 376 g/mol. The summed E-state index contributed by atoms with van der Waals surface area (Å²) in [5, 5.41) is 0. The van der Waals surface area contributed by atoms with Gasteiger partial charge in [-0.3, -0.25) is 4.79 Å². The van der Waals surface area contributed by atoms with E-state index in [9.17, 15) is 9.59 Å². The third-order valence-electron chi connectivity index (χ3n) is 3.90. The lowest BCUT2D eigenvalue weighted by atomic mass is 10.1. The van der Waals surface area contributed by atoms with Crippen LogP contribution in [0.3, 0.4) is 0 Å². The van der Waals surface area contributed by atoms with Gasteiger partial charge in [0.2, 0.25) is 0 Å². The summed E-state index contributed by atoms with van der Waals surface area (Å²) in [4.78, 5) is 33.6. The summed E-state index contributed by atoms with van der Waals surface area (Å²) >= 11 is 1.39. The number of aromatic nitrogens is 2. The Morgan fingerprint density at radius 2 is 2.08 bits per heavy atom. The lowest BCUT2D eigenvalue weighted by Gasteiger charge is -2.25. The van der Waals surface area contributed by atoms with Crippen LogP contribution in [-0.4, -0.2) is 27.4 Å². The van der Waals surface area contributed by atoms with Gasteiger partial charge in [-0.25, -0.2) is 9.78 Å². The van der Waals surface area contributed by atoms with Gasteiger partial charge in [0.15, 0.2) is 0 Å². The van der Waals surface area contributed by atoms with Crippen molar-refractivity contribution in [3.8, 4) is 0 Å². The van der Waals surface area contributed by atoms with E-state index in [1.807, 2.05) is 40.7 Å². The maximum atomic E-state index is 12.4. The zero-order valence-corrected chi connectivity index (χ0v) is 17.2. The highest BCUT2D eigenvalue weighted by molar-refractivity contribution is 7.20. The standard InChI is InChI=1S/C17H22N4O2S.C2H6/c1-6-11(9(3)4)13-8-12-14(24-13)16(22)20-15(19-12)10(5)21(7-2)17(18)23;1-2/h6,8,10H,1,7H2,2-5H3,(H2,18,23)(H,19,20,22);1-2H3. The first kappa shape index (κ1) is 21.6. The van der Waals surface area contributed by atoms with E-state index in [-0.39, 0.29) is 5.56 Å². The average molecular weight is 377 g/mol. The highest BCUT2D eigenvalue weighted by atomic mass is 32.1. The minimum atomic E-state index is -0.544. The summed E-state index contributed by atoms with van der Waals surface area (Å²) in [5.41, 5.74) is 7.90. The van der Waals surface area contributed by atoms with Crippen LogP contribution in [0.1, 0.15) is 58.3 Å². The molecule has 142 valence electrons. The Hall–Kier alpha value is -2.41. The second-order valence-electron chi connectivity index (χ2n) is 5.69. The van der Waals surface area contributed by atoms with Gasteiger partial charge in [0.25, 0.3) is 5.56 Å². The van der Waals surface area contributed by atoms with Crippen LogP contribution in [-0.2, 0) is 0 Å². The molecule has 0 saturated heterocycles. The number of nitrogens with zero attached hydrogens (tertiary/aromatic N) is 2. The molecule has 2 rings (SSSR count). The molecule has 0 spiro atoms. The molecule has 0 aromatic carbocycles. The van der Waals surface area contributed by atoms with Gasteiger partial charge in [-0.1, -0.05) is 32.1 Å². The first-order chi connectivity index (χ1) is 12.3. The molecule has 2 amide bonds. The summed E-state index contributed by atoms with van der Waals surface area (Å²) < 4.78 is 0.559. The first-order valence-corrected chi connectivity index (χ1v) is 9.51. The molecule has 0 aliphatic carbocycles. The number of allylic oxidation sites excluding steroid dienone is 3. The maximum Gasteiger partial charge on any atom is 0.315 e. The van der Waals surface area contributed by atoms with Crippen molar-refractivity contribution in [1.82, 2.24) is 14.9 Å². The van der Waals surface area contributed by atoms with Crippen LogP contribution in [0.15, 0.2) is 29.1 Å². The Balaban J connectivity index is 0.00000163. The normalized spacial score (nSPS) is 11.3. The van der Waals surface area contributed by atoms with E-state index in [0.29, 0.717) is 22.6 Å². The summed E-state index contributed by atoms with van der Waals surface area (Å²) in [5.74, 6) is 0.426. The van der Waals surface area contributed by atoms with Crippen molar-refractivity contribution in [3.05, 3.63) is 45.3 Å². The summed E-state index contributed by atoms with van der Waals surface area (Å²) in [6.45, 7) is 15.9. The Morgan fingerprint density at radius 3 is 2.54 bits per heavy atom. The highest BCUT2D eigenvalue weighted by Crippen LogP contribution is 2.30. The van der Waals surface area contributed by atoms with Gasteiger partial charge in [-0.05, 0) is 39.3 Å². The fourth-order valence-electron chi connectivity index (χ4n) is 2.61. The zero-order valence-electron chi connectivity index (χ0n) is 16.3. The van der Waals surface area contributed by atoms with Crippen LogP contribution >= 0.6 is 11.3 Å². The predicted molar refractivity (Wildman–Crippen MR) is 110 cm³/mol. The molecule has 0 radical (unpaired) electrons. The molecule has 0 fully saturated rings. The van der Waals surface area contributed by atoms with E-state index in [4.69, 9.17) is 5.73 Å². The van der Waals surface area contributed by atoms with Crippen molar-refractivity contribution < 1.29 is 4.79 Å². The van der Waals surface area contributed by atoms with Crippen molar-refractivity contribution in [3.63, 3.8) is 0 Å². The number of H-pyrrole nitrogens is 1. The molecule has 2 heterocycles. The molecular formula is C19H28N4O2S. The fraction of sp³-hybridized carbons (Fsp3) is 0.421. The van der Waals surface area contributed by atoms with Crippen molar-refractivity contribution in [2.75, 3.05) is 6.54 Å². The first-order valence-electron chi connectivity index (χ1n) is 8.70. The number of aromatic amines is 1. The minimum Gasteiger partial charge on any atom is -0.351 e. The fourth-order valence-corrected chi connectivity index (χ4v) is 3.75.